The minimum Gasteiger partial charge on any atom is -0.464 e. The Morgan fingerprint density at radius 1 is 1.00 bits per heavy atom. The Morgan fingerprint density at radius 2 is 1.63 bits per heavy atom. The number of anilines is 2. The van der Waals surface area contributed by atoms with E-state index in [4.69, 9.17) is 4.74 Å². The second-order valence-electron chi connectivity index (χ2n) is 5.10. The van der Waals surface area contributed by atoms with E-state index in [-0.39, 0.29) is 5.41 Å². The quantitative estimate of drug-likeness (QED) is 0.754. The lowest BCUT2D eigenvalue weighted by molar-refractivity contribution is 0.312. The summed E-state index contributed by atoms with van der Waals surface area (Å²) in [6, 6.07) is 0.352. The molecule has 108 valence electrons. The van der Waals surface area contributed by atoms with E-state index in [1.807, 2.05) is 13.8 Å². The van der Waals surface area contributed by atoms with Crippen molar-refractivity contribution in [2.24, 2.45) is 5.41 Å². The number of nitrogens with zero attached hydrogens (tertiary/aromatic N) is 3. The fourth-order valence-electron chi connectivity index (χ4n) is 1.31. The molecule has 6 nitrogen and oxygen atoms in total. The summed E-state index contributed by atoms with van der Waals surface area (Å²) in [7, 11) is 0. The van der Waals surface area contributed by atoms with Gasteiger partial charge in [-0.05, 0) is 25.7 Å². The topological polar surface area (TPSA) is 72.0 Å². The van der Waals surface area contributed by atoms with Crippen molar-refractivity contribution < 1.29 is 4.74 Å². The van der Waals surface area contributed by atoms with Crippen LogP contribution in [0, 0.1) is 5.41 Å². The molecule has 0 amide bonds. The van der Waals surface area contributed by atoms with Crippen molar-refractivity contribution in [3.63, 3.8) is 0 Å². The molecule has 0 bridgehead atoms. The summed E-state index contributed by atoms with van der Waals surface area (Å²) in [6.07, 6.45) is 1.09. The van der Waals surface area contributed by atoms with Gasteiger partial charge in [0.1, 0.15) is 0 Å². The highest BCUT2D eigenvalue weighted by atomic mass is 16.5. The molecule has 0 saturated heterocycles. The second kappa shape index (κ2) is 7.11. The van der Waals surface area contributed by atoms with E-state index in [0.717, 1.165) is 19.5 Å². The van der Waals surface area contributed by atoms with Gasteiger partial charge in [0, 0.05) is 13.1 Å². The lowest BCUT2D eigenvalue weighted by Crippen LogP contribution is -2.23. The van der Waals surface area contributed by atoms with Crippen LogP contribution in [0.2, 0.25) is 0 Å². The molecule has 0 aliphatic rings. The Labute approximate surface area is 115 Å². The molecule has 2 N–H and O–H groups in total. The second-order valence-corrected chi connectivity index (χ2v) is 5.10. The minimum atomic E-state index is 0.205. The first-order chi connectivity index (χ1) is 9.00. The number of aromatic nitrogens is 3. The SMILES string of the molecule is CCNc1nc(NCC(C)(C)CC)nc(OCC)n1. The van der Waals surface area contributed by atoms with Crippen molar-refractivity contribution in [1.29, 1.82) is 0 Å². The summed E-state index contributed by atoms with van der Waals surface area (Å²) >= 11 is 0. The molecule has 0 atom stereocenters. The van der Waals surface area contributed by atoms with Gasteiger partial charge in [0.05, 0.1) is 6.61 Å². The number of ether oxygens (including phenoxy) is 1. The summed E-state index contributed by atoms with van der Waals surface area (Å²) in [5.41, 5.74) is 0.205. The maximum absolute atomic E-state index is 5.35. The van der Waals surface area contributed by atoms with Gasteiger partial charge in [-0.2, -0.15) is 15.0 Å². The van der Waals surface area contributed by atoms with E-state index in [2.05, 4.69) is 46.4 Å². The first-order valence-electron chi connectivity index (χ1n) is 6.87. The van der Waals surface area contributed by atoms with Gasteiger partial charge in [0.2, 0.25) is 11.9 Å². The lowest BCUT2D eigenvalue weighted by Gasteiger charge is -2.22. The predicted octanol–water partition coefficient (Wildman–Crippen LogP) is 2.55. The van der Waals surface area contributed by atoms with Gasteiger partial charge >= 0.3 is 6.01 Å². The van der Waals surface area contributed by atoms with Crippen molar-refractivity contribution in [1.82, 2.24) is 15.0 Å². The third-order valence-electron chi connectivity index (χ3n) is 2.91. The Balaban J connectivity index is 2.80. The number of hydrogen-bond acceptors (Lipinski definition) is 6. The molecular formula is C13H25N5O. The largest absolute Gasteiger partial charge is 0.464 e. The smallest absolute Gasteiger partial charge is 0.323 e. The summed E-state index contributed by atoms with van der Waals surface area (Å²) in [4.78, 5) is 12.7. The molecule has 1 aromatic rings. The Hall–Kier alpha value is -1.59. The molecule has 6 heteroatoms. The first kappa shape index (κ1) is 15.5. The van der Waals surface area contributed by atoms with E-state index in [1.54, 1.807) is 0 Å². The monoisotopic (exact) mass is 267 g/mol. The van der Waals surface area contributed by atoms with Crippen LogP contribution in [0.1, 0.15) is 41.0 Å². The molecule has 0 spiro atoms. The summed E-state index contributed by atoms with van der Waals surface area (Å²) < 4.78 is 5.35. The van der Waals surface area contributed by atoms with Crippen LogP contribution in [0.5, 0.6) is 6.01 Å². The van der Waals surface area contributed by atoms with E-state index < -0.39 is 0 Å². The fraction of sp³-hybridized carbons (Fsp3) is 0.769. The molecule has 1 aromatic heterocycles. The van der Waals surface area contributed by atoms with E-state index in [1.165, 1.54) is 0 Å². The third-order valence-corrected chi connectivity index (χ3v) is 2.91. The van der Waals surface area contributed by atoms with Crippen LogP contribution in [0.25, 0.3) is 0 Å². The zero-order valence-corrected chi connectivity index (χ0v) is 12.6. The summed E-state index contributed by atoms with van der Waals surface area (Å²) in [5.74, 6) is 1.09. The third kappa shape index (κ3) is 5.28. The van der Waals surface area contributed by atoms with Crippen LogP contribution < -0.4 is 15.4 Å². The van der Waals surface area contributed by atoms with E-state index in [0.29, 0.717) is 24.5 Å². The normalized spacial score (nSPS) is 11.2. The van der Waals surface area contributed by atoms with Crippen LogP contribution in [-0.2, 0) is 0 Å². The molecule has 0 radical (unpaired) electrons. The number of rotatable bonds is 8. The van der Waals surface area contributed by atoms with Crippen molar-refractivity contribution >= 4 is 11.9 Å². The average molecular weight is 267 g/mol. The summed E-state index contributed by atoms with van der Waals surface area (Å²) in [6.45, 7) is 12.6. The van der Waals surface area contributed by atoms with Crippen molar-refractivity contribution in [3.8, 4) is 6.01 Å². The van der Waals surface area contributed by atoms with Gasteiger partial charge in [-0.3, -0.25) is 0 Å². The van der Waals surface area contributed by atoms with Crippen LogP contribution in [0.15, 0.2) is 0 Å². The highest BCUT2D eigenvalue weighted by Crippen LogP contribution is 2.20. The van der Waals surface area contributed by atoms with Crippen LogP contribution in [-0.4, -0.2) is 34.6 Å². The molecule has 1 rings (SSSR count). The Morgan fingerprint density at radius 3 is 2.16 bits per heavy atom. The fourth-order valence-corrected chi connectivity index (χ4v) is 1.31. The molecule has 0 unspecified atom stereocenters. The van der Waals surface area contributed by atoms with Crippen LogP contribution >= 0.6 is 0 Å². The maximum atomic E-state index is 5.35. The van der Waals surface area contributed by atoms with Crippen molar-refractivity contribution in [2.45, 2.75) is 41.0 Å². The summed E-state index contributed by atoms with van der Waals surface area (Å²) in [5, 5.41) is 6.33. The Bertz CT molecular complexity index is 370. The average Bonchev–Trinajstić information content (AvgIpc) is 2.37. The molecule has 1 heterocycles. The van der Waals surface area contributed by atoms with Crippen molar-refractivity contribution in [3.05, 3.63) is 0 Å². The molecule has 0 aliphatic carbocycles. The zero-order chi connectivity index (χ0) is 14.3. The highest BCUT2D eigenvalue weighted by Gasteiger charge is 2.16. The number of nitrogens with one attached hydrogen (secondary N) is 2. The molecule has 0 aromatic carbocycles. The van der Waals surface area contributed by atoms with Gasteiger partial charge in [-0.15, -0.1) is 0 Å². The Kier molecular flexibility index (Phi) is 5.79. The van der Waals surface area contributed by atoms with Crippen molar-refractivity contribution in [2.75, 3.05) is 30.3 Å². The highest BCUT2D eigenvalue weighted by molar-refractivity contribution is 5.35. The predicted molar refractivity (Wildman–Crippen MR) is 77.7 cm³/mol. The van der Waals surface area contributed by atoms with Crippen LogP contribution in [0.4, 0.5) is 11.9 Å². The van der Waals surface area contributed by atoms with Gasteiger partial charge < -0.3 is 15.4 Å². The molecule has 19 heavy (non-hydrogen) atoms. The lowest BCUT2D eigenvalue weighted by atomic mass is 9.90. The standard InChI is InChI=1S/C13H25N5O/c1-6-13(4,5)9-15-11-16-10(14-7-2)17-12(18-11)19-8-3/h6-9H2,1-5H3,(H2,14,15,16,17,18). The number of hydrogen-bond donors (Lipinski definition) is 2. The molecule has 0 fully saturated rings. The first-order valence-corrected chi connectivity index (χ1v) is 6.87. The van der Waals surface area contributed by atoms with E-state index >= 15 is 0 Å². The molecular weight excluding hydrogens is 242 g/mol. The van der Waals surface area contributed by atoms with Gasteiger partial charge in [0.15, 0.2) is 0 Å². The van der Waals surface area contributed by atoms with Gasteiger partial charge in [0.25, 0.3) is 0 Å². The van der Waals surface area contributed by atoms with Gasteiger partial charge in [-0.1, -0.05) is 20.8 Å². The minimum absolute atomic E-state index is 0.205. The molecule has 0 aliphatic heterocycles. The van der Waals surface area contributed by atoms with Gasteiger partial charge in [-0.25, -0.2) is 0 Å². The molecule has 0 saturated carbocycles. The zero-order valence-electron chi connectivity index (χ0n) is 12.6. The van der Waals surface area contributed by atoms with Crippen LogP contribution in [0.3, 0.4) is 0 Å². The van der Waals surface area contributed by atoms with E-state index in [9.17, 15) is 0 Å². The maximum Gasteiger partial charge on any atom is 0.323 e.